The molecule has 0 fully saturated rings. The molecule has 35 heavy (non-hydrogen) atoms. The summed E-state index contributed by atoms with van der Waals surface area (Å²) in [5.74, 6) is -1.73. The Morgan fingerprint density at radius 3 is 2.94 bits per heavy atom. The number of hydrogen-bond donors (Lipinski definition) is 3. The molecule has 0 radical (unpaired) electrons. The molecule has 184 valence electrons. The largest absolute Gasteiger partial charge is 0.420 e. The number of aliphatic hydroxyl groups excluding tert-OH is 1. The number of nitrogens with one attached hydrogen (secondary N) is 2. The van der Waals surface area contributed by atoms with Gasteiger partial charge in [0.05, 0.1) is 18.7 Å². The lowest BCUT2D eigenvalue weighted by Crippen LogP contribution is -2.36. The summed E-state index contributed by atoms with van der Waals surface area (Å²) >= 11 is 0.809. The lowest BCUT2D eigenvalue weighted by Gasteiger charge is -2.27. The van der Waals surface area contributed by atoms with Crippen LogP contribution in [0.4, 0.5) is 9.52 Å². The van der Waals surface area contributed by atoms with Gasteiger partial charge >= 0.3 is 5.76 Å². The van der Waals surface area contributed by atoms with Gasteiger partial charge in [-0.2, -0.15) is 4.37 Å². The van der Waals surface area contributed by atoms with Crippen molar-refractivity contribution in [3.8, 4) is 0 Å². The van der Waals surface area contributed by atoms with Crippen molar-refractivity contribution in [2.75, 3.05) is 17.9 Å². The van der Waals surface area contributed by atoms with Crippen molar-refractivity contribution in [3.63, 3.8) is 0 Å². The van der Waals surface area contributed by atoms with Crippen LogP contribution >= 0.6 is 11.5 Å². The number of fused-ring (bicyclic) bond motifs is 2. The maximum atomic E-state index is 15.0. The number of benzene rings is 2. The fourth-order valence-electron chi connectivity index (χ4n) is 4.43. The Morgan fingerprint density at radius 2 is 2.17 bits per heavy atom. The molecule has 0 bridgehead atoms. The van der Waals surface area contributed by atoms with Crippen molar-refractivity contribution in [1.29, 1.82) is 0 Å². The number of aryl methyl sites for hydroxylation is 1. The van der Waals surface area contributed by atoms with Crippen LogP contribution in [0.25, 0.3) is 11.1 Å². The first-order chi connectivity index (χ1) is 16.9. The minimum absolute atomic E-state index is 0.0100. The molecule has 2 aromatic heterocycles. The summed E-state index contributed by atoms with van der Waals surface area (Å²) in [7, 11) is -4.31. The van der Waals surface area contributed by atoms with Crippen LogP contribution in [0.1, 0.15) is 23.1 Å². The fraction of sp³-hybridized carbons (Fsp3) is 0.318. The van der Waals surface area contributed by atoms with Gasteiger partial charge in [-0.3, -0.25) is 9.29 Å². The van der Waals surface area contributed by atoms with Gasteiger partial charge < -0.3 is 14.8 Å². The van der Waals surface area contributed by atoms with Gasteiger partial charge in [0.2, 0.25) is 5.13 Å². The maximum absolute atomic E-state index is 15.0. The molecular weight excluding hydrogens is 497 g/mol. The second-order valence-electron chi connectivity index (χ2n) is 8.23. The number of nitrogens with zero attached hydrogens (tertiary/aromatic N) is 3. The van der Waals surface area contributed by atoms with E-state index in [2.05, 4.69) is 25.5 Å². The molecule has 0 spiro atoms. The molecule has 1 aliphatic rings. The van der Waals surface area contributed by atoms with Crippen LogP contribution in [0.3, 0.4) is 0 Å². The number of sulfonamides is 1. The highest BCUT2D eigenvalue weighted by molar-refractivity contribution is 7.93. The molecule has 1 unspecified atom stereocenters. The van der Waals surface area contributed by atoms with Crippen LogP contribution in [0, 0.1) is 5.82 Å². The predicted octanol–water partition coefficient (Wildman–Crippen LogP) is 1.87. The molecule has 3 N–H and O–H groups in total. The van der Waals surface area contributed by atoms with Gasteiger partial charge in [-0.05, 0) is 36.0 Å². The Balaban J connectivity index is 1.49. The maximum Gasteiger partial charge on any atom is 0.420 e. The van der Waals surface area contributed by atoms with Crippen LogP contribution in [-0.2, 0) is 29.4 Å². The summed E-state index contributed by atoms with van der Waals surface area (Å²) in [5, 5.41) is 12.4. The SMILES string of the molecule is O=c1oc2cc(S(=O)(=O)Nc3ncns3)c(F)cc2n1Cc1cccc2c1CC(NCCO)CC2. The normalized spacial score (nSPS) is 15.9. The van der Waals surface area contributed by atoms with Crippen molar-refractivity contribution in [3.05, 3.63) is 69.7 Å². The van der Waals surface area contributed by atoms with Crippen LogP contribution in [0.15, 0.2) is 50.8 Å². The highest BCUT2D eigenvalue weighted by Crippen LogP contribution is 2.28. The van der Waals surface area contributed by atoms with Gasteiger partial charge in [-0.25, -0.2) is 22.6 Å². The Kier molecular flexibility index (Phi) is 6.40. The first kappa shape index (κ1) is 23.6. The van der Waals surface area contributed by atoms with E-state index in [-0.39, 0.29) is 35.4 Å². The Labute approximate surface area is 203 Å². The molecule has 1 aliphatic carbocycles. The van der Waals surface area contributed by atoms with Gasteiger partial charge in [-0.15, -0.1) is 0 Å². The van der Waals surface area contributed by atoms with Gasteiger partial charge in [0.25, 0.3) is 10.0 Å². The third-order valence-electron chi connectivity index (χ3n) is 6.05. The van der Waals surface area contributed by atoms with E-state index in [0.717, 1.165) is 54.1 Å². The molecular formula is C22H22FN5O5S2. The second kappa shape index (κ2) is 9.49. The van der Waals surface area contributed by atoms with E-state index >= 15 is 0 Å². The van der Waals surface area contributed by atoms with Gasteiger partial charge in [0, 0.05) is 36.3 Å². The molecule has 5 rings (SSSR count). The molecule has 13 heteroatoms. The Bertz CT molecular complexity index is 1530. The molecule has 0 saturated heterocycles. The number of oxazole rings is 1. The van der Waals surface area contributed by atoms with Crippen LogP contribution in [0.5, 0.6) is 0 Å². The summed E-state index contributed by atoms with van der Waals surface area (Å²) < 4.78 is 52.8. The van der Waals surface area contributed by atoms with E-state index in [1.54, 1.807) is 0 Å². The first-order valence-electron chi connectivity index (χ1n) is 10.9. The third-order valence-corrected chi connectivity index (χ3v) is 8.11. The zero-order chi connectivity index (χ0) is 24.6. The molecule has 0 amide bonds. The van der Waals surface area contributed by atoms with E-state index < -0.39 is 26.5 Å². The zero-order valence-electron chi connectivity index (χ0n) is 18.4. The van der Waals surface area contributed by atoms with Gasteiger partial charge in [0.15, 0.2) is 5.58 Å². The minimum Gasteiger partial charge on any atom is -0.408 e. The number of aliphatic hydroxyl groups is 1. The second-order valence-corrected chi connectivity index (χ2v) is 10.7. The molecule has 1 atom stereocenters. The fourth-order valence-corrected chi connectivity index (χ4v) is 6.17. The number of halogens is 1. The standard InChI is InChI=1S/C22H22FN5O5S2/c23-17-9-18-19(10-20(17)35(31,32)27-21-25-12-26-34-21)33-22(30)28(18)11-14-3-1-2-13-4-5-15(8-16(13)14)24-6-7-29/h1-3,9-10,12,15,24,29H,4-8,11H2,(H,25,26,27). The highest BCUT2D eigenvalue weighted by atomic mass is 32.2. The van der Waals surface area contributed by atoms with Crippen molar-refractivity contribution >= 4 is 37.8 Å². The number of aromatic nitrogens is 3. The van der Waals surface area contributed by atoms with Crippen molar-refractivity contribution in [2.45, 2.75) is 36.7 Å². The van der Waals surface area contributed by atoms with Gasteiger partial charge in [-0.1, -0.05) is 18.2 Å². The van der Waals surface area contributed by atoms with E-state index in [1.807, 2.05) is 12.1 Å². The summed E-state index contributed by atoms with van der Waals surface area (Å²) in [5.41, 5.74) is 3.31. The Morgan fingerprint density at radius 1 is 1.31 bits per heavy atom. The van der Waals surface area contributed by atoms with E-state index in [4.69, 9.17) is 9.52 Å². The molecule has 4 aromatic rings. The minimum atomic E-state index is -4.31. The topological polar surface area (TPSA) is 139 Å². The van der Waals surface area contributed by atoms with Crippen LogP contribution < -0.4 is 15.8 Å². The average molecular weight is 520 g/mol. The Hall–Kier alpha value is -3.13. The first-order valence-corrected chi connectivity index (χ1v) is 13.2. The van der Waals surface area contributed by atoms with E-state index in [1.165, 1.54) is 16.5 Å². The van der Waals surface area contributed by atoms with E-state index in [0.29, 0.717) is 6.54 Å². The van der Waals surface area contributed by atoms with Crippen LogP contribution in [0.2, 0.25) is 0 Å². The van der Waals surface area contributed by atoms with Crippen LogP contribution in [-0.4, -0.2) is 46.6 Å². The highest BCUT2D eigenvalue weighted by Gasteiger charge is 2.25. The summed E-state index contributed by atoms with van der Waals surface area (Å²) in [6.45, 7) is 0.712. The predicted molar refractivity (Wildman–Crippen MR) is 128 cm³/mol. The number of anilines is 1. The molecule has 0 aliphatic heterocycles. The van der Waals surface area contributed by atoms with Crippen molar-refractivity contribution in [2.24, 2.45) is 0 Å². The van der Waals surface area contributed by atoms with Crippen molar-refractivity contribution in [1.82, 2.24) is 19.2 Å². The van der Waals surface area contributed by atoms with Crippen molar-refractivity contribution < 1.29 is 22.3 Å². The molecule has 2 heterocycles. The smallest absolute Gasteiger partial charge is 0.408 e. The third kappa shape index (κ3) is 4.72. The molecule has 2 aromatic carbocycles. The summed E-state index contributed by atoms with van der Waals surface area (Å²) in [6, 6.07) is 8.10. The lowest BCUT2D eigenvalue weighted by atomic mass is 9.85. The number of rotatable bonds is 8. The average Bonchev–Trinajstić information content (AvgIpc) is 3.44. The lowest BCUT2D eigenvalue weighted by molar-refractivity contribution is 0.280. The quantitative estimate of drug-likeness (QED) is 0.321. The monoisotopic (exact) mass is 519 g/mol. The summed E-state index contributed by atoms with van der Waals surface area (Å²) in [4.78, 5) is 15.8. The molecule has 0 saturated carbocycles. The van der Waals surface area contributed by atoms with Gasteiger partial charge in [0.1, 0.15) is 17.0 Å². The summed E-state index contributed by atoms with van der Waals surface area (Å²) in [6.07, 6.45) is 3.72. The number of hydrogen-bond acceptors (Lipinski definition) is 9. The van der Waals surface area contributed by atoms with E-state index in [9.17, 15) is 17.6 Å². The molecule has 10 nitrogen and oxygen atoms in total. The zero-order valence-corrected chi connectivity index (χ0v) is 20.0.